The number of nitrogens with zero attached hydrogens (tertiary/aromatic N) is 3. The van der Waals surface area contributed by atoms with Crippen molar-refractivity contribution in [1.82, 2.24) is 19.6 Å². The Morgan fingerprint density at radius 2 is 2.03 bits per heavy atom. The molecule has 5 nitrogen and oxygen atoms in total. The fraction of sp³-hybridized carbons (Fsp3) is 0.360. The van der Waals surface area contributed by atoms with Crippen molar-refractivity contribution in [3.63, 3.8) is 0 Å². The molecule has 6 heteroatoms. The molecule has 160 valence electrons. The van der Waals surface area contributed by atoms with Gasteiger partial charge in [-0.3, -0.25) is 14.1 Å². The van der Waals surface area contributed by atoms with Crippen LogP contribution in [0, 0.1) is 0 Å². The Balaban J connectivity index is 1.15. The number of rotatable bonds is 7. The van der Waals surface area contributed by atoms with Crippen molar-refractivity contribution in [2.75, 3.05) is 19.6 Å². The average Bonchev–Trinajstić information content (AvgIpc) is 3.23. The summed E-state index contributed by atoms with van der Waals surface area (Å²) in [5.74, 6) is 0.0149. The highest BCUT2D eigenvalue weighted by Gasteiger charge is 2.23. The third-order valence-electron chi connectivity index (χ3n) is 6.28. The molecule has 5 rings (SSSR count). The minimum absolute atomic E-state index is 0.0149. The largest absolute Gasteiger partial charge is 0.352 e. The number of benzene rings is 1. The summed E-state index contributed by atoms with van der Waals surface area (Å²) >= 11 is 1.52. The number of thioether (sulfide) groups is 1. The van der Waals surface area contributed by atoms with Gasteiger partial charge < -0.3 is 5.32 Å². The number of imidazole rings is 1. The second-order valence-electron chi connectivity index (χ2n) is 8.32. The highest BCUT2D eigenvalue weighted by molar-refractivity contribution is 8.04. The third-order valence-corrected chi connectivity index (χ3v) is 7.33. The molecule has 1 atom stereocenters. The van der Waals surface area contributed by atoms with Crippen LogP contribution in [0.4, 0.5) is 0 Å². The van der Waals surface area contributed by atoms with E-state index in [1.165, 1.54) is 43.1 Å². The Hall–Kier alpha value is -2.57. The first-order chi connectivity index (χ1) is 15.3. The zero-order chi connectivity index (χ0) is 21.0. The lowest BCUT2D eigenvalue weighted by molar-refractivity contribution is -0.116. The van der Waals surface area contributed by atoms with Gasteiger partial charge in [0.15, 0.2) is 0 Å². The molecule has 2 aliphatic heterocycles. The number of nitrogens with one attached hydrogen (secondary N) is 1. The molecule has 0 bridgehead atoms. The average molecular weight is 433 g/mol. The summed E-state index contributed by atoms with van der Waals surface area (Å²) in [5.41, 5.74) is 3.29. The van der Waals surface area contributed by atoms with Gasteiger partial charge in [-0.25, -0.2) is 4.98 Å². The molecule has 31 heavy (non-hydrogen) atoms. The molecule has 0 saturated carbocycles. The number of hydrogen-bond donors (Lipinski definition) is 1. The van der Waals surface area contributed by atoms with E-state index in [-0.39, 0.29) is 5.91 Å². The van der Waals surface area contributed by atoms with Gasteiger partial charge in [0.1, 0.15) is 5.65 Å². The summed E-state index contributed by atoms with van der Waals surface area (Å²) < 4.78 is 2.09. The standard InChI is InChI=1S/C25H28N4OS/c30-25(22-17-21-18-27-23-10-6-11-24(31-22)29(21)23)26-14-12-20-9-4-5-15-28(20)16-13-19-7-2-1-3-8-19/h1-3,6-8,10-11,17-18,20H,4-5,9,12-16H2,(H,26,30). The fourth-order valence-corrected chi connectivity index (χ4v) is 5.64. The Labute approximate surface area is 187 Å². The van der Waals surface area contributed by atoms with E-state index in [1.54, 1.807) is 0 Å². The summed E-state index contributed by atoms with van der Waals surface area (Å²) in [6.07, 6.45) is 9.66. The maximum absolute atomic E-state index is 12.8. The summed E-state index contributed by atoms with van der Waals surface area (Å²) in [7, 11) is 0. The maximum atomic E-state index is 12.8. The first kappa shape index (κ1) is 20.3. The van der Waals surface area contributed by atoms with Crippen molar-refractivity contribution in [2.45, 2.75) is 43.2 Å². The van der Waals surface area contributed by atoms with Crippen LogP contribution in [0.1, 0.15) is 36.9 Å². The van der Waals surface area contributed by atoms with Crippen LogP contribution in [0.2, 0.25) is 0 Å². The minimum Gasteiger partial charge on any atom is -0.352 e. The molecule has 4 heterocycles. The Morgan fingerprint density at radius 1 is 1.13 bits per heavy atom. The first-order valence-corrected chi connectivity index (χ1v) is 12.0. The number of pyridine rings is 1. The van der Waals surface area contributed by atoms with Crippen LogP contribution in [0.5, 0.6) is 0 Å². The zero-order valence-electron chi connectivity index (χ0n) is 17.7. The van der Waals surface area contributed by atoms with Crippen LogP contribution in [0.3, 0.4) is 0 Å². The van der Waals surface area contributed by atoms with Gasteiger partial charge in [-0.15, -0.1) is 0 Å². The van der Waals surface area contributed by atoms with Gasteiger partial charge in [0.25, 0.3) is 5.91 Å². The van der Waals surface area contributed by atoms with Crippen molar-refractivity contribution in [3.05, 3.63) is 70.9 Å². The van der Waals surface area contributed by atoms with Gasteiger partial charge >= 0.3 is 0 Å². The summed E-state index contributed by atoms with van der Waals surface area (Å²) in [6, 6.07) is 17.3. The summed E-state index contributed by atoms with van der Waals surface area (Å²) in [4.78, 5) is 20.6. The number of piperidine rings is 1. The Kier molecular flexibility index (Phi) is 6.09. The van der Waals surface area contributed by atoms with Crippen molar-refractivity contribution in [1.29, 1.82) is 0 Å². The number of amides is 1. The number of carbonyl (C=O) groups excluding carboxylic acids is 1. The second kappa shape index (κ2) is 9.28. The SMILES string of the molecule is O=C(NCCC1CCCCN1CCc1ccccc1)C1=Cc2cnc3cccc(n23)S1. The molecule has 0 spiro atoms. The normalized spacial score (nSPS) is 18.7. The number of hydrogen-bond acceptors (Lipinski definition) is 4. The predicted molar refractivity (Wildman–Crippen MR) is 126 cm³/mol. The summed E-state index contributed by atoms with van der Waals surface area (Å²) in [5, 5.41) is 4.20. The third kappa shape index (κ3) is 4.55. The van der Waals surface area contributed by atoms with Crippen LogP contribution in [-0.2, 0) is 11.2 Å². The number of aromatic nitrogens is 2. The van der Waals surface area contributed by atoms with Crippen molar-refractivity contribution in [2.24, 2.45) is 0 Å². The molecule has 1 unspecified atom stereocenters. The lowest BCUT2D eigenvalue weighted by Crippen LogP contribution is -2.42. The lowest BCUT2D eigenvalue weighted by atomic mass is 9.98. The molecule has 0 radical (unpaired) electrons. The highest BCUT2D eigenvalue weighted by atomic mass is 32.2. The molecule has 2 aromatic heterocycles. The van der Waals surface area contributed by atoms with Gasteiger partial charge in [-0.05, 0) is 56.0 Å². The lowest BCUT2D eigenvalue weighted by Gasteiger charge is -2.36. The van der Waals surface area contributed by atoms with Gasteiger partial charge in [0.05, 0.1) is 21.8 Å². The minimum atomic E-state index is 0.0149. The van der Waals surface area contributed by atoms with Crippen molar-refractivity contribution in [3.8, 4) is 0 Å². The highest BCUT2D eigenvalue weighted by Crippen LogP contribution is 2.34. The van der Waals surface area contributed by atoms with Gasteiger partial charge in [0, 0.05) is 19.1 Å². The quantitative estimate of drug-likeness (QED) is 0.602. The molecule has 1 amide bonds. The molecule has 1 fully saturated rings. The predicted octanol–water partition coefficient (Wildman–Crippen LogP) is 4.38. The smallest absolute Gasteiger partial charge is 0.258 e. The molecule has 0 aliphatic carbocycles. The molecule has 1 saturated heterocycles. The fourth-order valence-electron chi connectivity index (χ4n) is 4.64. The van der Waals surface area contributed by atoms with Crippen LogP contribution < -0.4 is 5.32 Å². The molecule has 3 aromatic rings. The molecular weight excluding hydrogens is 404 g/mol. The molecule has 1 N–H and O–H groups in total. The monoisotopic (exact) mass is 432 g/mol. The van der Waals surface area contributed by atoms with Gasteiger partial charge in [-0.2, -0.15) is 0 Å². The Bertz CT molecular complexity index is 1090. The van der Waals surface area contributed by atoms with E-state index in [4.69, 9.17) is 0 Å². The topological polar surface area (TPSA) is 49.6 Å². The van der Waals surface area contributed by atoms with E-state index in [0.29, 0.717) is 12.6 Å². The van der Waals surface area contributed by atoms with E-state index in [1.807, 2.05) is 30.5 Å². The van der Waals surface area contributed by atoms with E-state index in [0.717, 1.165) is 40.7 Å². The van der Waals surface area contributed by atoms with E-state index in [2.05, 4.69) is 49.9 Å². The number of likely N-dealkylation sites (tertiary alicyclic amines) is 1. The number of carbonyl (C=O) groups is 1. The van der Waals surface area contributed by atoms with E-state index >= 15 is 0 Å². The first-order valence-electron chi connectivity index (χ1n) is 11.2. The van der Waals surface area contributed by atoms with Crippen LogP contribution >= 0.6 is 11.8 Å². The van der Waals surface area contributed by atoms with E-state index in [9.17, 15) is 4.79 Å². The van der Waals surface area contributed by atoms with Crippen molar-refractivity contribution >= 4 is 29.4 Å². The summed E-state index contributed by atoms with van der Waals surface area (Å²) in [6.45, 7) is 2.98. The Morgan fingerprint density at radius 3 is 2.94 bits per heavy atom. The maximum Gasteiger partial charge on any atom is 0.258 e. The molecule has 2 aliphatic rings. The van der Waals surface area contributed by atoms with Crippen LogP contribution in [-0.4, -0.2) is 45.9 Å². The van der Waals surface area contributed by atoms with Crippen molar-refractivity contribution < 1.29 is 4.79 Å². The second-order valence-corrected chi connectivity index (χ2v) is 9.38. The van der Waals surface area contributed by atoms with E-state index < -0.39 is 0 Å². The van der Waals surface area contributed by atoms with Gasteiger partial charge in [-0.1, -0.05) is 54.6 Å². The zero-order valence-corrected chi connectivity index (χ0v) is 18.5. The van der Waals surface area contributed by atoms with Crippen LogP contribution in [0.15, 0.2) is 64.7 Å². The van der Waals surface area contributed by atoms with Gasteiger partial charge in [0.2, 0.25) is 0 Å². The van der Waals surface area contributed by atoms with Crippen LogP contribution in [0.25, 0.3) is 11.7 Å². The molecular formula is C25H28N4OS. The molecule has 1 aromatic carbocycles.